The molecule has 3 heterocycles. The van der Waals surface area contributed by atoms with Crippen molar-refractivity contribution in [2.75, 3.05) is 6.54 Å². The highest BCUT2D eigenvalue weighted by atomic mass is 32.1. The lowest BCUT2D eigenvalue weighted by Gasteiger charge is -2.12. The van der Waals surface area contributed by atoms with E-state index in [1.54, 1.807) is 12.3 Å². The Morgan fingerprint density at radius 3 is 2.66 bits per heavy atom. The van der Waals surface area contributed by atoms with E-state index in [0.29, 0.717) is 12.0 Å². The van der Waals surface area contributed by atoms with E-state index in [1.165, 1.54) is 11.3 Å². The summed E-state index contributed by atoms with van der Waals surface area (Å²) in [5.74, 6) is -0.647. The van der Waals surface area contributed by atoms with Crippen molar-refractivity contribution >= 4 is 29.1 Å². The van der Waals surface area contributed by atoms with Gasteiger partial charge in [0, 0.05) is 34.9 Å². The van der Waals surface area contributed by atoms with Gasteiger partial charge in [0.2, 0.25) is 0 Å². The first-order chi connectivity index (χ1) is 14.0. The van der Waals surface area contributed by atoms with Crippen LogP contribution in [-0.2, 0) is 11.2 Å². The van der Waals surface area contributed by atoms with E-state index in [1.807, 2.05) is 54.1 Å². The number of ketones is 1. The van der Waals surface area contributed by atoms with E-state index < -0.39 is 12.1 Å². The van der Waals surface area contributed by atoms with Gasteiger partial charge in [0.15, 0.2) is 10.9 Å². The van der Waals surface area contributed by atoms with E-state index in [2.05, 4.69) is 10.3 Å². The Labute approximate surface area is 172 Å². The molecule has 1 fully saturated rings. The van der Waals surface area contributed by atoms with Gasteiger partial charge in [0.25, 0.3) is 5.91 Å². The summed E-state index contributed by atoms with van der Waals surface area (Å²) in [7, 11) is 0. The van der Waals surface area contributed by atoms with Crippen LogP contribution < -0.4 is 5.32 Å². The topological polar surface area (TPSA) is 84.3 Å². The molecular weight excluding hydrogens is 388 g/mol. The standard InChI is InChI=1S/C21H20N4O3S/c1-13-10-16(14(2)25(13)21-22-8-9-29-21)18(26)12-24-19(27)17(23-20(24)28)11-15-6-4-3-5-7-15/h3-10,17H,11-12H2,1-2H3,(H,23,28). The Morgan fingerprint density at radius 2 is 1.97 bits per heavy atom. The van der Waals surface area contributed by atoms with Crippen LogP contribution in [0.4, 0.5) is 4.79 Å². The molecule has 1 aliphatic rings. The number of urea groups is 1. The van der Waals surface area contributed by atoms with Gasteiger partial charge in [-0.2, -0.15) is 0 Å². The molecule has 148 valence electrons. The minimum Gasteiger partial charge on any atom is -0.325 e. The quantitative estimate of drug-likeness (QED) is 0.502. The number of amides is 3. The third kappa shape index (κ3) is 3.58. The van der Waals surface area contributed by atoms with E-state index in [9.17, 15) is 14.4 Å². The van der Waals surface area contributed by atoms with E-state index >= 15 is 0 Å². The number of aromatic nitrogens is 2. The molecule has 3 amide bonds. The number of Topliss-reactive ketones (excluding diaryl/α,β-unsaturated/α-hetero) is 1. The minimum absolute atomic E-state index is 0.273. The fourth-order valence-corrected chi connectivity index (χ4v) is 4.36. The molecule has 3 aromatic rings. The van der Waals surface area contributed by atoms with Crippen molar-refractivity contribution in [1.82, 2.24) is 19.8 Å². The molecule has 1 aliphatic heterocycles. The van der Waals surface area contributed by atoms with Crippen LogP contribution in [-0.4, -0.2) is 44.8 Å². The number of thiazole rings is 1. The van der Waals surface area contributed by atoms with Crippen LogP contribution >= 0.6 is 11.3 Å². The minimum atomic E-state index is -0.652. The third-order valence-electron chi connectivity index (χ3n) is 5.03. The summed E-state index contributed by atoms with van der Waals surface area (Å²) in [5, 5.41) is 5.33. The number of benzene rings is 1. The van der Waals surface area contributed by atoms with Gasteiger partial charge in [0.1, 0.15) is 6.04 Å². The van der Waals surface area contributed by atoms with Gasteiger partial charge in [-0.15, -0.1) is 11.3 Å². The predicted octanol–water partition coefficient (Wildman–Crippen LogP) is 2.90. The first kappa shape index (κ1) is 19.1. The molecule has 1 N–H and O–H groups in total. The zero-order valence-corrected chi connectivity index (χ0v) is 16.9. The summed E-state index contributed by atoms with van der Waals surface area (Å²) in [6.07, 6.45) is 2.11. The number of hydrogen-bond acceptors (Lipinski definition) is 5. The first-order valence-electron chi connectivity index (χ1n) is 9.23. The van der Waals surface area contributed by atoms with Crippen LogP contribution in [0.2, 0.25) is 0 Å². The van der Waals surface area contributed by atoms with Crippen molar-refractivity contribution in [3.05, 3.63) is 70.5 Å². The number of imide groups is 1. The summed E-state index contributed by atoms with van der Waals surface area (Å²) < 4.78 is 1.90. The zero-order chi connectivity index (χ0) is 20.5. The van der Waals surface area contributed by atoms with Gasteiger partial charge in [-0.25, -0.2) is 9.78 Å². The van der Waals surface area contributed by atoms with E-state index in [4.69, 9.17) is 0 Å². The van der Waals surface area contributed by atoms with Gasteiger partial charge in [-0.1, -0.05) is 30.3 Å². The maximum Gasteiger partial charge on any atom is 0.325 e. The highest BCUT2D eigenvalue weighted by molar-refractivity contribution is 7.12. The third-order valence-corrected chi connectivity index (χ3v) is 5.79. The lowest BCUT2D eigenvalue weighted by Crippen LogP contribution is -2.36. The molecule has 8 heteroatoms. The largest absolute Gasteiger partial charge is 0.325 e. The number of nitrogens with zero attached hydrogens (tertiary/aromatic N) is 3. The number of hydrogen-bond donors (Lipinski definition) is 1. The molecular formula is C21H20N4O3S. The molecule has 29 heavy (non-hydrogen) atoms. The second kappa shape index (κ2) is 7.63. The smallest absolute Gasteiger partial charge is 0.325 e. The molecule has 1 unspecified atom stereocenters. The van der Waals surface area contributed by atoms with Crippen LogP contribution in [0, 0.1) is 13.8 Å². The molecule has 1 atom stereocenters. The monoisotopic (exact) mass is 408 g/mol. The average molecular weight is 408 g/mol. The maximum atomic E-state index is 12.9. The lowest BCUT2D eigenvalue weighted by molar-refractivity contribution is -0.127. The number of carbonyl (C=O) groups is 3. The summed E-state index contributed by atoms with van der Waals surface area (Å²) in [5.41, 5.74) is 3.06. The van der Waals surface area contributed by atoms with E-state index in [-0.39, 0.29) is 18.2 Å². The first-order valence-corrected chi connectivity index (χ1v) is 10.1. The van der Waals surface area contributed by atoms with Crippen molar-refractivity contribution in [3.8, 4) is 5.13 Å². The molecule has 0 spiro atoms. The molecule has 0 radical (unpaired) electrons. The number of rotatable bonds is 6. The van der Waals surface area contributed by atoms with Crippen molar-refractivity contribution < 1.29 is 14.4 Å². The Morgan fingerprint density at radius 1 is 1.21 bits per heavy atom. The summed E-state index contributed by atoms with van der Waals surface area (Å²) in [6, 6.07) is 10.1. The van der Waals surface area contributed by atoms with Gasteiger partial charge >= 0.3 is 6.03 Å². The summed E-state index contributed by atoms with van der Waals surface area (Å²) in [4.78, 5) is 43.2. The average Bonchev–Trinajstić information content (AvgIpc) is 3.38. The van der Waals surface area contributed by atoms with Crippen LogP contribution in [0.5, 0.6) is 0 Å². The van der Waals surface area contributed by atoms with Gasteiger partial charge in [-0.05, 0) is 25.5 Å². The molecule has 0 aliphatic carbocycles. The second-order valence-corrected chi connectivity index (χ2v) is 7.85. The fraction of sp³-hybridized carbons (Fsp3) is 0.238. The number of carbonyl (C=O) groups excluding carboxylic acids is 3. The van der Waals surface area contributed by atoms with Crippen molar-refractivity contribution in [2.24, 2.45) is 0 Å². The van der Waals surface area contributed by atoms with Crippen molar-refractivity contribution in [2.45, 2.75) is 26.3 Å². The molecule has 7 nitrogen and oxygen atoms in total. The second-order valence-electron chi connectivity index (χ2n) is 6.97. The summed E-state index contributed by atoms with van der Waals surface area (Å²) >= 11 is 1.48. The van der Waals surface area contributed by atoms with Gasteiger partial charge in [-0.3, -0.25) is 19.1 Å². The Bertz CT molecular complexity index is 1070. The Kier molecular flexibility index (Phi) is 5.02. The molecule has 0 saturated carbocycles. The lowest BCUT2D eigenvalue weighted by atomic mass is 10.1. The predicted molar refractivity (Wildman–Crippen MR) is 109 cm³/mol. The van der Waals surface area contributed by atoms with Crippen LogP contribution in [0.25, 0.3) is 5.13 Å². The Hall–Kier alpha value is -3.26. The normalized spacial score (nSPS) is 16.3. The van der Waals surface area contributed by atoms with Gasteiger partial charge in [0.05, 0.1) is 6.54 Å². The Balaban J connectivity index is 1.51. The van der Waals surface area contributed by atoms with Gasteiger partial charge < -0.3 is 5.32 Å². The molecule has 2 aromatic heterocycles. The molecule has 1 saturated heterocycles. The van der Waals surface area contributed by atoms with Crippen LogP contribution in [0.1, 0.15) is 27.3 Å². The van der Waals surface area contributed by atoms with Crippen molar-refractivity contribution in [1.29, 1.82) is 0 Å². The fourth-order valence-electron chi connectivity index (χ4n) is 3.61. The van der Waals surface area contributed by atoms with Crippen LogP contribution in [0.3, 0.4) is 0 Å². The summed E-state index contributed by atoms with van der Waals surface area (Å²) in [6.45, 7) is 3.46. The zero-order valence-electron chi connectivity index (χ0n) is 16.1. The SMILES string of the molecule is Cc1cc(C(=O)CN2C(=O)NC(Cc3ccccc3)C2=O)c(C)n1-c1nccs1. The van der Waals surface area contributed by atoms with Crippen LogP contribution in [0.15, 0.2) is 48.0 Å². The van der Waals surface area contributed by atoms with E-state index in [0.717, 1.165) is 27.0 Å². The molecule has 4 rings (SSSR count). The van der Waals surface area contributed by atoms with Crippen molar-refractivity contribution in [3.63, 3.8) is 0 Å². The molecule has 1 aromatic carbocycles. The maximum absolute atomic E-state index is 12.9. The number of nitrogens with one attached hydrogen (secondary N) is 1. The highest BCUT2D eigenvalue weighted by Crippen LogP contribution is 2.23. The number of aryl methyl sites for hydroxylation is 1. The highest BCUT2D eigenvalue weighted by Gasteiger charge is 2.39. The molecule has 0 bridgehead atoms.